The highest BCUT2D eigenvalue weighted by Crippen LogP contribution is 2.31. The Morgan fingerprint density at radius 1 is 1.42 bits per heavy atom. The Bertz CT molecular complexity index is 503. The molecule has 0 saturated heterocycles. The first-order chi connectivity index (χ1) is 9.35. The Labute approximate surface area is 122 Å². The third kappa shape index (κ3) is 3.55. The van der Waals surface area contributed by atoms with Gasteiger partial charge in [-0.15, -0.1) is 11.3 Å². The molecule has 2 heterocycles. The summed E-state index contributed by atoms with van der Waals surface area (Å²) in [4.78, 5) is 8.37. The molecular weight excluding hydrogens is 274 g/mol. The van der Waals surface area contributed by atoms with Crippen molar-refractivity contribution in [3.8, 4) is 0 Å². The number of thiophene rings is 1. The number of hydrogen-bond acceptors (Lipinski definition) is 5. The topological polar surface area (TPSA) is 28.2 Å². The molecule has 3 nitrogen and oxygen atoms in total. The lowest BCUT2D eigenvalue weighted by atomic mass is 10.3. The van der Waals surface area contributed by atoms with E-state index in [2.05, 4.69) is 39.0 Å². The third-order valence-electron chi connectivity index (χ3n) is 3.27. The minimum Gasteiger partial charge on any atom is -0.362 e. The molecule has 19 heavy (non-hydrogen) atoms. The fourth-order valence-corrected chi connectivity index (χ4v) is 3.75. The molecule has 1 aliphatic rings. The van der Waals surface area contributed by atoms with Crippen LogP contribution in [-0.4, -0.2) is 22.5 Å². The van der Waals surface area contributed by atoms with Crippen molar-refractivity contribution >= 4 is 27.8 Å². The molecule has 0 aliphatic heterocycles. The van der Waals surface area contributed by atoms with Gasteiger partial charge in [0.15, 0.2) is 5.13 Å². The first-order valence-corrected chi connectivity index (χ1v) is 8.55. The highest BCUT2D eigenvalue weighted by Gasteiger charge is 2.29. The second kappa shape index (κ2) is 6.03. The number of nitrogens with zero attached hydrogens (tertiary/aromatic N) is 2. The molecule has 2 aromatic heterocycles. The van der Waals surface area contributed by atoms with Gasteiger partial charge in [0.2, 0.25) is 0 Å². The lowest BCUT2D eigenvalue weighted by Gasteiger charge is -2.20. The van der Waals surface area contributed by atoms with E-state index < -0.39 is 0 Å². The van der Waals surface area contributed by atoms with Crippen molar-refractivity contribution in [1.29, 1.82) is 0 Å². The molecule has 2 aromatic rings. The van der Waals surface area contributed by atoms with Crippen LogP contribution in [0.2, 0.25) is 0 Å². The van der Waals surface area contributed by atoms with Crippen molar-refractivity contribution in [3.63, 3.8) is 0 Å². The average molecular weight is 293 g/mol. The van der Waals surface area contributed by atoms with Gasteiger partial charge in [-0.1, -0.05) is 0 Å². The summed E-state index contributed by atoms with van der Waals surface area (Å²) in [5.74, 6) is 0. The number of nitrogens with one attached hydrogen (secondary N) is 1. The van der Waals surface area contributed by atoms with Gasteiger partial charge in [-0.2, -0.15) is 11.3 Å². The summed E-state index contributed by atoms with van der Waals surface area (Å²) in [7, 11) is 0. The number of hydrogen-bond donors (Lipinski definition) is 1. The normalized spacial score (nSPS) is 15.1. The minimum absolute atomic E-state index is 0.782. The van der Waals surface area contributed by atoms with Crippen molar-refractivity contribution in [1.82, 2.24) is 9.88 Å². The Balaban J connectivity index is 1.63. The van der Waals surface area contributed by atoms with Gasteiger partial charge < -0.3 is 5.32 Å². The molecule has 0 spiro atoms. The van der Waals surface area contributed by atoms with Crippen LogP contribution >= 0.6 is 22.7 Å². The van der Waals surface area contributed by atoms with E-state index >= 15 is 0 Å². The van der Waals surface area contributed by atoms with Gasteiger partial charge in [-0.3, -0.25) is 4.90 Å². The fraction of sp³-hybridized carbons (Fsp3) is 0.500. The van der Waals surface area contributed by atoms with E-state index in [-0.39, 0.29) is 0 Å². The van der Waals surface area contributed by atoms with E-state index in [4.69, 9.17) is 0 Å². The Morgan fingerprint density at radius 2 is 2.32 bits per heavy atom. The molecule has 1 aliphatic carbocycles. The molecule has 0 amide bonds. The quantitative estimate of drug-likeness (QED) is 0.841. The molecule has 0 bridgehead atoms. The molecule has 0 aromatic carbocycles. The van der Waals surface area contributed by atoms with Crippen LogP contribution in [0.25, 0.3) is 0 Å². The van der Waals surface area contributed by atoms with Crippen molar-refractivity contribution < 1.29 is 0 Å². The van der Waals surface area contributed by atoms with Crippen molar-refractivity contribution in [2.45, 2.75) is 38.9 Å². The van der Waals surface area contributed by atoms with E-state index in [9.17, 15) is 0 Å². The summed E-state index contributed by atoms with van der Waals surface area (Å²) in [6.07, 6.45) is 4.72. The van der Waals surface area contributed by atoms with Crippen LogP contribution in [0, 0.1) is 0 Å². The predicted molar refractivity (Wildman–Crippen MR) is 82.9 cm³/mol. The van der Waals surface area contributed by atoms with Crippen LogP contribution in [0.5, 0.6) is 0 Å². The first-order valence-electron chi connectivity index (χ1n) is 6.79. The molecule has 1 fully saturated rings. The lowest BCUT2D eigenvalue weighted by molar-refractivity contribution is 0.248. The van der Waals surface area contributed by atoms with Gasteiger partial charge in [0.05, 0.1) is 0 Å². The second-order valence-corrected chi connectivity index (χ2v) is 6.83. The molecule has 5 heteroatoms. The molecule has 0 radical (unpaired) electrons. The maximum Gasteiger partial charge on any atom is 0.182 e. The predicted octanol–water partition coefficient (Wildman–Crippen LogP) is 3.80. The summed E-state index contributed by atoms with van der Waals surface area (Å²) < 4.78 is 0. The fourth-order valence-electron chi connectivity index (χ4n) is 2.18. The average Bonchev–Trinajstić information content (AvgIpc) is 2.95. The summed E-state index contributed by atoms with van der Waals surface area (Å²) in [6, 6.07) is 3.01. The lowest BCUT2D eigenvalue weighted by Crippen LogP contribution is -2.24. The number of rotatable bonds is 7. The number of anilines is 1. The highest BCUT2D eigenvalue weighted by atomic mass is 32.1. The van der Waals surface area contributed by atoms with Gasteiger partial charge >= 0.3 is 0 Å². The summed E-state index contributed by atoms with van der Waals surface area (Å²) in [6.45, 7) is 5.15. The highest BCUT2D eigenvalue weighted by molar-refractivity contribution is 7.15. The second-order valence-electron chi connectivity index (χ2n) is 4.93. The zero-order valence-electron chi connectivity index (χ0n) is 11.1. The Morgan fingerprint density at radius 3 is 3.00 bits per heavy atom. The van der Waals surface area contributed by atoms with Gasteiger partial charge in [0, 0.05) is 36.8 Å². The Kier molecular flexibility index (Phi) is 4.15. The van der Waals surface area contributed by atoms with Gasteiger partial charge in [0.1, 0.15) is 0 Å². The molecule has 102 valence electrons. The Hall–Kier alpha value is -0.910. The standard InChI is InChI=1S/C14H19N3S2/c1-2-15-14-16-7-13(19-14)9-17(12-3-4-12)8-11-5-6-18-10-11/h5-7,10,12H,2-4,8-9H2,1H3,(H,15,16). The van der Waals surface area contributed by atoms with E-state index in [1.807, 2.05) is 6.20 Å². The summed E-state index contributed by atoms with van der Waals surface area (Å²) in [5.41, 5.74) is 1.44. The number of aromatic nitrogens is 1. The van der Waals surface area contributed by atoms with Crippen molar-refractivity contribution in [3.05, 3.63) is 33.5 Å². The van der Waals surface area contributed by atoms with E-state index in [0.29, 0.717) is 0 Å². The van der Waals surface area contributed by atoms with E-state index in [1.165, 1.54) is 23.3 Å². The smallest absolute Gasteiger partial charge is 0.182 e. The van der Waals surface area contributed by atoms with Crippen LogP contribution in [0.1, 0.15) is 30.2 Å². The van der Waals surface area contributed by atoms with E-state index in [0.717, 1.165) is 30.8 Å². The SMILES string of the molecule is CCNc1ncc(CN(Cc2ccsc2)C2CC2)s1. The number of thiazole rings is 1. The molecule has 1 N–H and O–H groups in total. The molecule has 3 rings (SSSR count). The molecule has 0 unspecified atom stereocenters. The molecule has 1 saturated carbocycles. The first kappa shape index (κ1) is 13.1. The van der Waals surface area contributed by atoms with Crippen LogP contribution in [-0.2, 0) is 13.1 Å². The maximum absolute atomic E-state index is 4.42. The summed E-state index contributed by atoms with van der Waals surface area (Å²) in [5, 5.41) is 8.75. The monoisotopic (exact) mass is 293 g/mol. The van der Waals surface area contributed by atoms with Gasteiger partial charge in [-0.05, 0) is 42.2 Å². The van der Waals surface area contributed by atoms with Gasteiger partial charge in [0.25, 0.3) is 0 Å². The summed E-state index contributed by atoms with van der Waals surface area (Å²) >= 11 is 3.57. The van der Waals surface area contributed by atoms with Crippen LogP contribution < -0.4 is 5.32 Å². The third-order valence-corrected chi connectivity index (χ3v) is 4.94. The van der Waals surface area contributed by atoms with Gasteiger partial charge in [-0.25, -0.2) is 4.98 Å². The zero-order valence-corrected chi connectivity index (χ0v) is 12.8. The zero-order chi connectivity index (χ0) is 13.1. The van der Waals surface area contributed by atoms with Crippen LogP contribution in [0.3, 0.4) is 0 Å². The maximum atomic E-state index is 4.42. The van der Waals surface area contributed by atoms with Crippen molar-refractivity contribution in [2.75, 3.05) is 11.9 Å². The molecular formula is C14H19N3S2. The van der Waals surface area contributed by atoms with Crippen molar-refractivity contribution in [2.24, 2.45) is 0 Å². The van der Waals surface area contributed by atoms with Crippen LogP contribution in [0.4, 0.5) is 5.13 Å². The minimum atomic E-state index is 0.782. The van der Waals surface area contributed by atoms with E-state index in [1.54, 1.807) is 22.7 Å². The van der Waals surface area contributed by atoms with Crippen LogP contribution in [0.15, 0.2) is 23.0 Å². The largest absolute Gasteiger partial charge is 0.362 e. The molecule has 0 atom stereocenters.